The van der Waals surface area contributed by atoms with Gasteiger partial charge in [0.2, 0.25) is 11.9 Å². The Kier molecular flexibility index (Phi) is 22.0. The Morgan fingerprint density at radius 2 is 1.60 bits per heavy atom. The van der Waals surface area contributed by atoms with E-state index in [0.29, 0.717) is 47.4 Å². The van der Waals surface area contributed by atoms with Crippen LogP contribution in [0.2, 0.25) is 0 Å². The summed E-state index contributed by atoms with van der Waals surface area (Å²) in [4.78, 5) is 99.6. The normalized spacial score (nSPS) is 16.3. The third kappa shape index (κ3) is 17.9. The Hall–Kier alpha value is -5.25. The number of esters is 1. The Bertz CT molecular complexity index is 2160. The molecule has 1 saturated carbocycles. The van der Waals surface area contributed by atoms with Gasteiger partial charge in [0.05, 0.1) is 43.6 Å². The summed E-state index contributed by atoms with van der Waals surface area (Å²) in [5.74, 6) is -3.19. The van der Waals surface area contributed by atoms with E-state index in [2.05, 4.69) is 25.3 Å². The highest BCUT2D eigenvalue weighted by Crippen LogP contribution is 2.42. The molecule has 356 valence electrons. The first-order chi connectivity index (χ1) is 31.1. The van der Waals surface area contributed by atoms with Gasteiger partial charge in [-0.25, -0.2) is 4.79 Å². The van der Waals surface area contributed by atoms with Crippen LogP contribution >= 0.6 is 23.5 Å². The predicted octanol–water partition coefficient (Wildman–Crippen LogP) is 3.30. The van der Waals surface area contributed by atoms with Crippen molar-refractivity contribution in [3.63, 3.8) is 0 Å². The minimum atomic E-state index is -1.19. The molecular weight excluding hydrogens is 883 g/mol. The lowest BCUT2D eigenvalue weighted by atomic mass is 9.99. The van der Waals surface area contributed by atoms with Gasteiger partial charge < -0.3 is 46.2 Å². The maximum atomic E-state index is 13.3. The molecule has 9 N–H and O–H groups in total. The number of anilines is 1. The minimum absolute atomic E-state index is 0.00822. The number of carboxylic acid groups (broad SMARTS) is 2. The third-order valence-electron chi connectivity index (χ3n) is 10.8. The number of amides is 1. The second kappa shape index (κ2) is 27.3. The van der Waals surface area contributed by atoms with Gasteiger partial charge in [-0.1, -0.05) is 31.2 Å². The maximum Gasteiger partial charge on any atom is 0.331 e. The number of rotatable bonds is 32. The van der Waals surface area contributed by atoms with E-state index < -0.39 is 35.8 Å². The molecule has 4 unspecified atom stereocenters. The standard InChI is InChI=1S/C44H61N7O12S2/c1-3-28(42(58)59)24-64-34-11-12-35(34)65-25-31(22-32(53)15-18-61-17-14-26(2)52)40(56)47-16-19-62-20-21-63-43(60)33(10-13-36(54)55)49-38(45)29-7-4-27(5-8-29)6-9-30-23-48-39-37(30)41(57)51-44(46)50-39/h4-5,7-8,23,28,31,33-35H,3,6,9-22,24-25H2,1-2H3,(H2,45,49)(H,47,56)(H,54,55)(H,58,59)(H4,46,48,50,51,57)/t28?,31?,33-,34?,35?/m1/s1. The summed E-state index contributed by atoms with van der Waals surface area (Å²) in [6, 6.07) is 5.96. The number of aryl methyl sites for hydroxylation is 2. The van der Waals surface area contributed by atoms with Crippen molar-refractivity contribution in [1.29, 1.82) is 0 Å². The number of carboxylic acids is 2. The number of nitrogen functional groups attached to an aromatic ring is 1. The molecule has 1 aliphatic rings. The molecule has 19 nitrogen and oxygen atoms in total. The van der Waals surface area contributed by atoms with Crippen molar-refractivity contribution in [3.05, 3.63) is 57.5 Å². The molecule has 4 rings (SSSR count). The fraction of sp³-hybridized carbons (Fsp3) is 0.568. The molecule has 0 bridgehead atoms. The van der Waals surface area contributed by atoms with E-state index >= 15 is 0 Å². The van der Waals surface area contributed by atoms with E-state index in [0.717, 1.165) is 24.0 Å². The Morgan fingerprint density at radius 3 is 2.25 bits per heavy atom. The number of fused-ring (bicyclic) bond motifs is 1. The SMILES string of the molecule is CCC(CSC1CCC1SCC(CC(=O)CCOCCC(C)=O)C(=O)NCCOCCOC(=O)[C@@H](CCC(=O)O)N=C(N)c1ccc(CCc2c[nH]c3nc(N)[nH]c(=O)c23)cc1)C(=O)O. The molecule has 1 aliphatic carbocycles. The molecule has 1 aromatic carbocycles. The lowest BCUT2D eigenvalue weighted by molar-refractivity contribution is -0.147. The van der Waals surface area contributed by atoms with E-state index in [1.165, 1.54) is 6.92 Å². The number of hydrogen-bond acceptors (Lipinski definition) is 15. The van der Waals surface area contributed by atoms with Crippen LogP contribution < -0.4 is 22.3 Å². The predicted molar refractivity (Wildman–Crippen MR) is 248 cm³/mol. The summed E-state index contributed by atoms with van der Waals surface area (Å²) in [5, 5.41) is 22.5. The number of nitrogens with one attached hydrogen (secondary N) is 3. The molecule has 0 saturated heterocycles. The van der Waals surface area contributed by atoms with Crippen LogP contribution in [0.3, 0.4) is 0 Å². The summed E-state index contributed by atoms with van der Waals surface area (Å²) < 4.78 is 16.4. The smallest absolute Gasteiger partial charge is 0.331 e. The van der Waals surface area contributed by atoms with Gasteiger partial charge in [-0.2, -0.15) is 28.5 Å². The van der Waals surface area contributed by atoms with Crippen LogP contribution in [0, 0.1) is 11.8 Å². The first-order valence-corrected chi connectivity index (χ1v) is 23.8. The highest BCUT2D eigenvalue weighted by Gasteiger charge is 2.34. The summed E-state index contributed by atoms with van der Waals surface area (Å²) in [6.45, 7) is 3.73. The van der Waals surface area contributed by atoms with Crippen molar-refractivity contribution >= 4 is 81.7 Å². The van der Waals surface area contributed by atoms with Crippen molar-refractivity contribution in [1.82, 2.24) is 20.3 Å². The molecule has 0 radical (unpaired) electrons. The van der Waals surface area contributed by atoms with Crippen LogP contribution in [0.5, 0.6) is 0 Å². The van der Waals surface area contributed by atoms with E-state index in [1.54, 1.807) is 41.9 Å². The quantitative estimate of drug-likeness (QED) is 0.0204. The number of nitrogens with two attached hydrogens (primary N) is 2. The van der Waals surface area contributed by atoms with Gasteiger partial charge in [0.1, 0.15) is 35.7 Å². The van der Waals surface area contributed by atoms with Gasteiger partial charge in [0, 0.05) is 66.0 Å². The van der Waals surface area contributed by atoms with Gasteiger partial charge in [-0.3, -0.25) is 38.7 Å². The zero-order chi connectivity index (χ0) is 47.3. The molecule has 2 aromatic heterocycles. The van der Waals surface area contributed by atoms with E-state index in [-0.39, 0.29) is 117 Å². The first-order valence-electron chi connectivity index (χ1n) is 21.7. The van der Waals surface area contributed by atoms with E-state index in [1.807, 2.05) is 19.1 Å². The number of amidine groups is 1. The van der Waals surface area contributed by atoms with Crippen LogP contribution in [0.1, 0.15) is 81.9 Å². The molecule has 2 heterocycles. The second-order valence-electron chi connectivity index (χ2n) is 15.7. The summed E-state index contributed by atoms with van der Waals surface area (Å²) in [7, 11) is 0. The number of nitrogens with zero attached hydrogens (tertiary/aromatic N) is 2. The second-order valence-corrected chi connectivity index (χ2v) is 18.3. The topological polar surface area (TPSA) is 309 Å². The van der Waals surface area contributed by atoms with Crippen molar-refractivity contribution < 1.29 is 53.2 Å². The fourth-order valence-corrected chi connectivity index (χ4v) is 10.1. The number of aromatic nitrogens is 3. The average Bonchev–Trinajstić information content (AvgIpc) is 3.67. The highest BCUT2D eigenvalue weighted by molar-refractivity contribution is 8.04. The maximum absolute atomic E-state index is 13.3. The molecule has 5 atom stereocenters. The zero-order valence-electron chi connectivity index (χ0n) is 36.8. The van der Waals surface area contributed by atoms with Crippen LogP contribution in [0.15, 0.2) is 40.2 Å². The fourth-order valence-electron chi connectivity index (χ4n) is 6.74. The highest BCUT2D eigenvalue weighted by atomic mass is 32.2. The minimum Gasteiger partial charge on any atom is -0.481 e. The van der Waals surface area contributed by atoms with Crippen LogP contribution in [0.4, 0.5) is 5.95 Å². The molecule has 0 spiro atoms. The number of Topliss-reactive ketones (excluding diaryl/α,β-unsaturated/α-hetero) is 2. The Morgan fingerprint density at radius 1 is 0.923 bits per heavy atom. The van der Waals surface area contributed by atoms with Crippen molar-refractivity contribution in [2.24, 2.45) is 22.6 Å². The van der Waals surface area contributed by atoms with E-state index in [4.69, 9.17) is 25.7 Å². The van der Waals surface area contributed by atoms with Crippen LogP contribution in [-0.2, 0) is 55.8 Å². The van der Waals surface area contributed by atoms with Gasteiger partial charge in [-0.15, -0.1) is 0 Å². The number of benzene rings is 1. The Labute approximate surface area is 385 Å². The molecular formula is C44H61N7O12S2. The van der Waals surface area contributed by atoms with Gasteiger partial charge >= 0.3 is 17.9 Å². The van der Waals surface area contributed by atoms with Gasteiger partial charge in [0.15, 0.2) is 0 Å². The molecule has 1 fully saturated rings. The van der Waals surface area contributed by atoms with Crippen LogP contribution in [0.25, 0.3) is 11.0 Å². The number of ether oxygens (including phenoxy) is 3. The number of carbonyl (C=O) groups is 6. The largest absolute Gasteiger partial charge is 0.481 e. The zero-order valence-corrected chi connectivity index (χ0v) is 38.5. The molecule has 3 aromatic rings. The molecule has 1 amide bonds. The van der Waals surface area contributed by atoms with Crippen molar-refractivity contribution in [2.75, 3.05) is 56.8 Å². The number of carbonyl (C=O) groups excluding carboxylic acids is 4. The molecule has 65 heavy (non-hydrogen) atoms. The number of aliphatic imine (C=N–C) groups is 1. The lowest BCUT2D eigenvalue weighted by Crippen LogP contribution is -2.38. The number of thioether (sulfide) groups is 2. The monoisotopic (exact) mass is 943 g/mol. The van der Waals surface area contributed by atoms with Gasteiger partial charge in [0.25, 0.3) is 5.56 Å². The summed E-state index contributed by atoms with van der Waals surface area (Å²) in [6.07, 6.45) is 5.22. The third-order valence-corrected chi connectivity index (χ3v) is 14.1. The number of aliphatic carboxylic acids is 2. The number of hydrogen-bond donors (Lipinski definition) is 7. The summed E-state index contributed by atoms with van der Waals surface area (Å²) in [5.41, 5.74) is 14.2. The lowest BCUT2D eigenvalue weighted by Gasteiger charge is -2.36. The van der Waals surface area contributed by atoms with Gasteiger partial charge in [-0.05, 0) is 56.6 Å². The van der Waals surface area contributed by atoms with E-state index in [9.17, 15) is 43.8 Å². The molecule has 21 heteroatoms. The summed E-state index contributed by atoms with van der Waals surface area (Å²) >= 11 is 3.28. The number of H-pyrrole nitrogens is 2. The first kappa shape index (κ1) is 52.4. The Balaban J connectivity index is 1.22. The van der Waals surface area contributed by atoms with Crippen molar-refractivity contribution in [2.45, 2.75) is 94.6 Å². The number of ketones is 2. The van der Waals surface area contributed by atoms with Crippen LogP contribution in [-0.4, -0.2) is 134 Å². The number of aromatic amines is 2. The molecule has 0 aliphatic heterocycles. The van der Waals surface area contributed by atoms with Crippen molar-refractivity contribution in [3.8, 4) is 0 Å². The average molecular weight is 944 g/mol.